The molecular formula is C22H26N2O. The summed E-state index contributed by atoms with van der Waals surface area (Å²) in [5, 5.41) is 15.0. The highest BCUT2D eigenvalue weighted by Crippen LogP contribution is 2.52. The van der Waals surface area contributed by atoms with Gasteiger partial charge in [0.2, 0.25) is 0 Å². The number of rotatable bonds is 1. The molecule has 2 aliphatic heterocycles. The zero-order valence-corrected chi connectivity index (χ0v) is 14.6. The third-order valence-corrected chi connectivity index (χ3v) is 6.73. The second kappa shape index (κ2) is 5.94. The van der Waals surface area contributed by atoms with Crippen LogP contribution >= 0.6 is 0 Å². The fraction of sp³-hybridized carbons (Fsp3) is 0.455. The van der Waals surface area contributed by atoms with Crippen molar-refractivity contribution in [2.24, 2.45) is 0 Å². The maximum atomic E-state index is 11.5. The number of nitrogens with zero attached hydrogens (tertiary/aromatic N) is 1. The first-order valence-corrected chi connectivity index (χ1v) is 9.59. The van der Waals surface area contributed by atoms with E-state index in [1.165, 1.54) is 22.3 Å². The number of nitrogens with one attached hydrogen (secondary N) is 1. The van der Waals surface area contributed by atoms with Gasteiger partial charge in [-0.3, -0.25) is 4.90 Å². The average Bonchev–Trinajstić information content (AvgIpc) is 2.91. The lowest BCUT2D eigenvalue weighted by atomic mass is 9.72. The smallest absolute Gasteiger partial charge is 0.0834 e. The molecule has 2 heterocycles. The molecule has 2 aromatic rings. The van der Waals surface area contributed by atoms with Crippen LogP contribution in [0.4, 0.5) is 0 Å². The van der Waals surface area contributed by atoms with Crippen LogP contribution in [-0.4, -0.2) is 35.7 Å². The van der Waals surface area contributed by atoms with Gasteiger partial charge in [0.1, 0.15) is 0 Å². The lowest BCUT2D eigenvalue weighted by Gasteiger charge is -2.42. The van der Waals surface area contributed by atoms with Crippen LogP contribution in [-0.2, 0) is 18.4 Å². The van der Waals surface area contributed by atoms with Crippen molar-refractivity contribution in [1.82, 2.24) is 10.2 Å². The summed E-state index contributed by atoms with van der Waals surface area (Å²) in [7, 11) is 0. The van der Waals surface area contributed by atoms with E-state index in [0.29, 0.717) is 0 Å². The number of benzene rings is 2. The average molecular weight is 334 g/mol. The number of aliphatic hydroxyl groups is 1. The van der Waals surface area contributed by atoms with Gasteiger partial charge in [-0.2, -0.15) is 0 Å². The van der Waals surface area contributed by atoms with Gasteiger partial charge in [0.25, 0.3) is 0 Å². The van der Waals surface area contributed by atoms with E-state index in [4.69, 9.17) is 0 Å². The van der Waals surface area contributed by atoms with Crippen molar-refractivity contribution in [2.75, 3.05) is 19.6 Å². The molecule has 3 heteroatoms. The number of aliphatic hydroxyl groups excluding tert-OH is 1. The van der Waals surface area contributed by atoms with Crippen molar-refractivity contribution in [2.45, 2.75) is 43.4 Å². The molecule has 2 atom stereocenters. The molecule has 0 radical (unpaired) electrons. The predicted molar refractivity (Wildman–Crippen MR) is 99.5 cm³/mol. The van der Waals surface area contributed by atoms with Gasteiger partial charge < -0.3 is 10.4 Å². The highest BCUT2D eigenvalue weighted by Gasteiger charge is 2.53. The summed E-state index contributed by atoms with van der Waals surface area (Å²) in [5.74, 6) is 0. The SMILES string of the molecule is O[C@H]1[C@H](N2CCc3ccccc3C2)c2ccccc2C12CCNCC2. The molecule has 2 aromatic carbocycles. The minimum Gasteiger partial charge on any atom is -0.390 e. The number of hydrogen-bond donors (Lipinski definition) is 2. The van der Waals surface area contributed by atoms with Crippen LogP contribution in [0.25, 0.3) is 0 Å². The molecule has 1 saturated heterocycles. The van der Waals surface area contributed by atoms with Crippen LogP contribution in [0.15, 0.2) is 48.5 Å². The Labute approximate surface area is 149 Å². The quantitative estimate of drug-likeness (QED) is 0.842. The molecule has 0 amide bonds. The summed E-state index contributed by atoms with van der Waals surface area (Å²) < 4.78 is 0. The standard InChI is InChI=1S/C22H26N2O/c25-21-20(24-14-9-16-5-1-2-6-17(16)15-24)18-7-3-4-8-19(18)22(21)10-12-23-13-11-22/h1-8,20-21,23,25H,9-15H2/t20-,21+/m1/s1. The topological polar surface area (TPSA) is 35.5 Å². The number of hydrogen-bond acceptors (Lipinski definition) is 3. The highest BCUT2D eigenvalue weighted by molar-refractivity contribution is 5.46. The van der Waals surface area contributed by atoms with Gasteiger partial charge in [-0.15, -0.1) is 0 Å². The Morgan fingerprint density at radius 3 is 2.52 bits per heavy atom. The molecule has 0 aromatic heterocycles. The lowest BCUT2D eigenvalue weighted by Crippen LogP contribution is -2.49. The van der Waals surface area contributed by atoms with E-state index in [0.717, 1.165) is 45.4 Å². The van der Waals surface area contributed by atoms with Crippen molar-refractivity contribution in [3.8, 4) is 0 Å². The van der Waals surface area contributed by atoms with Gasteiger partial charge >= 0.3 is 0 Å². The largest absolute Gasteiger partial charge is 0.390 e. The summed E-state index contributed by atoms with van der Waals surface area (Å²) in [4.78, 5) is 2.52. The van der Waals surface area contributed by atoms with E-state index in [1.807, 2.05) is 0 Å². The van der Waals surface area contributed by atoms with Gasteiger partial charge in [0.15, 0.2) is 0 Å². The first-order chi connectivity index (χ1) is 12.3. The maximum absolute atomic E-state index is 11.5. The van der Waals surface area contributed by atoms with Gasteiger partial charge in [0.05, 0.1) is 12.1 Å². The number of fused-ring (bicyclic) bond motifs is 3. The Balaban J connectivity index is 1.54. The van der Waals surface area contributed by atoms with Gasteiger partial charge in [0, 0.05) is 18.5 Å². The molecule has 1 aliphatic carbocycles. The maximum Gasteiger partial charge on any atom is 0.0834 e. The Kier molecular flexibility index (Phi) is 3.70. The third kappa shape index (κ3) is 2.30. The molecule has 1 spiro atoms. The van der Waals surface area contributed by atoms with E-state index in [2.05, 4.69) is 58.7 Å². The third-order valence-electron chi connectivity index (χ3n) is 6.73. The Bertz CT molecular complexity index is 781. The van der Waals surface area contributed by atoms with Crippen LogP contribution in [0.5, 0.6) is 0 Å². The van der Waals surface area contributed by atoms with Gasteiger partial charge in [-0.1, -0.05) is 48.5 Å². The van der Waals surface area contributed by atoms with E-state index in [-0.39, 0.29) is 17.6 Å². The van der Waals surface area contributed by atoms with Crippen molar-refractivity contribution in [3.05, 3.63) is 70.8 Å². The van der Waals surface area contributed by atoms with Crippen LogP contribution < -0.4 is 5.32 Å². The van der Waals surface area contributed by atoms with Crippen LogP contribution in [0.3, 0.4) is 0 Å². The molecule has 0 saturated carbocycles. The van der Waals surface area contributed by atoms with Gasteiger partial charge in [-0.05, 0) is 54.6 Å². The normalized spacial score (nSPS) is 27.9. The molecule has 3 aliphatic rings. The first kappa shape index (κ1) is 15.6. The zero-order valence-electron chi connectivity index (χ0n) is 14.6. The monoisotopic (exact) mass is 334 g/mol. The molecule has 0 bridgehead atoms. The zero-order chi connectivity index (χ0) is 16.9. The summed E-state index contributed by atoms with van der Waals surface area (Å²) >= 11 is 0. The predicted octanol–water partition coefficient (Wildman–Crippen LogP) is 2.78. The molecule has 3 nitrogen and oxygen atoms in total. The molecule has 5 rings (SSSR count). The molecule has 0 unspecified atom stereocenters. The molecular weight excluding hydrogens is 308 g/mol. The van der Waals surface area contributed by atoms with Crippen molar-refractivity contribution >= 4 is 0 Å². The fourth-order valence-corrected chi connectivity index (χ4v) is 5.43. The highest BCUT2D eigenvalue weighted by atomic mass is 16.3. The van der Waals surface area contributed by atoms with Crippen LogP contribution in [0, 0.1) is 0 Å². The van der Waals surface area contributed by atoms with Crippen molar-refractivity contribution < 1.29 is 5.11 Å². The minimum absolute atomic E-state index is 0.0660. The summed E-state index contributed by atoms with van der Waals surface area (Å²) in [6.07, 6.45) is 2.84. The summed E-state index contributed by atoms with van der Waals surface area (Å²) in [6, 6.07) is 17.7. The second-order valence-corrected chi connectivity index (χ2v) is 7.87. The van der Waals surface area contributed by atoms with Crippen molar-refractivity contribution in [1.29, 1.82) is 0 Å². The summed E-state index contributed by atoms with van der Waals surface area (Å²) in [6.45, 7) is 3.98. The summed E-state index contributed by atoms with van der Waals surface area (Å²) in [5.41, 5.74) is 5.58. The van der Waals surface area contributed by atoms with Gasteiger partial charge in [-0.25, -0.2) is 0 Å². The first-order valence-electron chi connectivity index (χ1n) is 9.59. The van der Waals surface area contributed by atoms with Crippen LogP contribution in [0.1, 0.15) is 41.1 Å². The molecule has 1 fully saturated rings. The second-order valence-electron chi connectivity index (χ2n) is 7.87. The molecule has 130 valence electrons. The fourth-order valence-electron chi connectivity index (χ4n) is 5.43. The van der Waals surface area contributed by atoms with Crippen LogP contribution in [0.2, 0.25) is 0 Å². The number of piperidine rings is 1. The molecule has 2 N–H and O–H groups in total. The van der Waals surface area contributed by atoms with Crippen molar-refractivity contribution in [3.63, 3.8) is 0 Å². The van der Waals surface area contributed by atoms with E-state index in [9.17, 15) is 5.11 Å². The minimum atomic E-state index is -0.308. The Hall–Kier alpha value is -1.68. The Morgan fingerprint density at radius 2 is 1.68 bits per heavy atom. The Morgan fingerprint density at radius 1 is 0.960 bits per heavy atom. The van der Waals surface area contributed by atoms with E-state index >= 15 is 0 Å². The molecule has 25 heavy (non-hydrogen) atoms. The van der Waals surface area contributed by atoms with E-state index < -0.39 is 0 Å². The van der Waals surface area contributed by atoms with E-state index in [1.54, 1.807) is 0 Å². The lowest BCUT2D eigenvalue weighted by molar-refractivity contribution is -0.00667.